The van der Waals surface area contributed by atoms with Crippen molar-refractivity contribution in [3.05, 3.63) is 0 Å². The molecule has 0 amide bonds. The first-order valence-corrected chi connectivity index (χ1v) is 5.03. The molecule has 1 fully saturated rings. The van der Waals surface area contributed by atoms with Crippen molar-refractivity contribution in [3.63, 3.8) is 0 Å². The highest BCUT2D eigenvalue weighted by atomic mass is 16.4. The van der Waals surface area contributed by atoms with E-state index in [2.05, 4.69) is 4.99 Å². The van der Waals surface area contributed by atoms with Gasteiger partial charge in [0.1, 0.15) is 0 Å². The zero-order chi connectivity index (χ0) is 9.26. The molecule has 0 bridgehead atoms. The maximum atomic E-state index is 10.8. The van der Waals surface area contributed by atoms with Gasteiger partial charge >= 0.3 is 5.97 Å². The van der Waals surface area contributed by atoms with Gasteiger partial charge in [-0.25, -0.2) is 0 Å². The number of aliphatic imine (C=N–C) groups is 1. The van der Waals surface area contributed by atoms with E-state index in [1.54, 1.807) is 0 Å². The molecular formula is C10H15NO2. The monoisotopic (exact) mass is 181 g/mol. The molecule has 1 aliphatic heterocycles. The second-order valence-electron chi connectivity index (χ2n) is 4.05. The quantitative estimate of drug-likeness (QED) is 0.669. The van der Waals surface area contributed by atoms with E-state index in [4.69, 9.17) is 5.11 Å². The van der Waals surface area contributed by atoms with Crippen molar-refractivity contribution in [2.24, 2.45) is 16.8 Å². The Bertz CT molecular complexity index is 247. The van der Waals surface area contributed by atoms with Gasteiger partial charge < -0.3 is 5.11 Å². The van der Waals surface area contributed by atoms with Crippen LogP contribution < -0.4 is 0 Å². The van der Waals surface area contributed by atoms with Gasteiger partial charge in [-0.15, -0.1) is 0 Å². The third kappa shape index (κ3) is 1.74. The van der Waals surface area contributed by atoms with Crippen molar-refractivity contribution in [1.82, 2.24) is 0 Å². The lowest BCUT2D eigenvalue weighted by Gasteiger charge is -2.30. The number of nitrogens with zero attached hydrogens (tertiary/aromatic N) is 1. The first-order chi connectivity index (χ1) is 6.27. The molecule has 3 nitrogen and oxygen atoms in total. The largest absolute Gasteiger partial charge is 0.481 e. The Morgan fingerprint density at radius 3 is 3.08 bits per heavy atom. The second kappa shape index (κ2) is 3.48. The number of fused-ring (bicyclic) bond motifs is 1. The van der Waals surface area contributed by atoms with Crippen molar-refractivity contribution < 1.29 is 9.90 Å². The van der Waals surface area contributed by atoms with Crippen molar-refractivity contribution in [1.29, 1.82) is 0 Å². The highest BCUT2D eigenvalue weighted by molar-refractivity contribution is 5.89. The summed E-state index contributed by atoms with van der Waals surface area (Å²) < 4.78 is 0. The summed E-state index contributed by atoms with van der Waals surface area (Å²) in [7, 11) is 0. The van der Waals surface area contributed by atoms with Crippen LogP contribution in [0.15, 0.2) is 4.99 Å². The van der Waals surface area contributed by atoms with E-state index in [0.29, 0.717) is 12.5 Å². The summed E-state index contributed by atoms with van der Waals surface area (Å²) in [6, 6.07) is 0. The Hall–Kier alpha value is -0.860. The van der Waals surface area contributed by atoms with Crippen LogP contribution in [0.2, 0.25) is 0 Å². The van der Waals surface area contributed by atoms with Crippen molar-refractivity contribution in [2.75, 3.05) is 6.54 Å². The fourth-order valence-electron chi connectivity index (χ4n) is 2.35. The van der Waals surface area contributed by atoms with Gasteiger partial charge in [-0.2, -0.15) is 0 Å². The van der Waals surface area contributed by atoms with Crippen LogP contribution in [0.5, 0.6) is 0 Å². The Balaban J connectivity index is 2.07. The molecule has 2 rings (SSSR count). The van der Waals surface area contributed by atoms with Crippen LogP contribution in [0.3, 0.4) is 0 Å². The van der Waals surface area contributed by atoms with Gasteiger partial charge in [0.15, 0.2) is 0 Å². The summed E-state index contributed by atoms with van der Waals surface area (Å²) in [5, 5.41) is 8.86. The molecular weight excluding hydrogens is 166 g/mol. The fourth-order valence-corrected chi connectivity index (χ4v) is 2.35. The van der Waals surface area contributed by atoms with E-state index in [-0.39, 0.29) is 5.92 Å². The minimum Gasteiger partial charge on any atom is -0.481 e. The van der Waals surface area contributed by atoms with E-state index in [1.165, 1.54) is 18.6 Å². The number of hydrogen-bond donors (Lipinski definition) is 1. The number of rotatable bonds is 1. The lowest BCUT2D eigenvalue weighted by Crippen LogP contribution is -2.32. The van der Waals surface area contributed by atoms with Gasteiger partial charge in [-0.1, -0.05) is 6.42 Å². The number of carboxylic acid groups (broad SMARTS) is 1. The topological polar surface area (TPSA) is 49.7 Å². The molecule has 2 unspecified atom stereocenters. The van der Waals surface area contributed by atoms with Crippen LogP contribution in [0.1, 0.15) is 32.1 Å². The normalized spacial score (nSPS) is 33.4. The van der Waals surface area contributed by atoms with E-state index in [1.807, 2.05) is 0 Å². The molecule has 13 heavy (non-hydrogen) atoms. The van der Waals surface area contributed by atoms with Crippen LogP contribution in [0.25, 0.3) is 0 Å². The van der Waals surface area contributed by atoms with Crippen LogP contribution in [0.4, 0.5) is 0 Å². The molecule has 1 heterocycles. The Morgan fingerprint density at radius 2 is 2.31 bits per heavy atom. The van der Waals surface area contributed by atoms with Crippen molar-refractivity contribution in [3.8, 4) is 0 Å². The van der Waals surface area contributed by atoms with E-state index < -0.39 is 5.97 Å². The standard InChI is InChI=1S/C10H15NO2/c12-10(13)8-5-7-3-1-2-4-9(7)11-6-8/h7-8H,1-6H2,(H,12,13). The van der Waals surface area contributed by atoms with E-state index in [0.717, 1.165) is 19.3 Å². The number of hydrogen-bond acceptors (Lipinski definition) is 2. The van der Waals surface area contributed by atoms with Crippen LogP contribution >= 0.6 is 0 Å². The zero-order valence-corrected chi connectivity index (χ0v) is 7.70. The molecule has 2 atom stereocenters. The SMILES string of the molecule is O=C(O)C1CN=C2CCCCC2C1. The number of carboxylic acids is 1. The summed E-state index contributed by atoms with van der Waals surface area (Å²) >= 11 is 0. The Kier molecular flexibility index (Phi) is 2.34. The molecule has 1 aliphatic carbocycles. The summed E-state index contributed by atoms with van der Waals surface area (Å²) in [5.41, 5.74) is 1.30. The van der Waals surface area contributed by atoms with Crippen LogP contribution in [-0.2, 0) is 4.79 Å². The zero-order valence-electron chi connectivity index (χ0n) is 7.70. The molecule has 0 radical (unpaired) electrons. The molecule has 0 aromatic rings. The number of aliphatic carboxylic acids is 1. The predicted octanol–water partition coefficient (Wildman–Crippen LogP) is 1.72. The molecule has 2 aliphatic rings. The van der Waals surface area contributed by atoms with E-state index in [9.17, 15) is 4.79 Å². The minimum atomic E-state index is -0.673. The minimum absolute atomic E-state index is 0.216. The van der Waals surface area contributed by atoms with Gasteiger partial charge in [0, 0.05) is 5.71 Å². The van der Waals surface area contributed by atoms with Gasteiger partial charge in [-0.3, -0.25) is 9.79 Å². The summed E-state index contributed by atoms with van der Waals surface area (Å²) in [6.45, 7) is 0.515. The molecule has 0 aromatic heterocycles. The highest BCUT2D eigenvalue weighted by Gasteiger charge is 2.30. The first kappa shape index (κ1) is 8.73. The highest BCUT2D eigenvalue weighted by Crippen LogP contribution is 2.31. The molecule has 72 valence electrons. The first-order valence-electron chi connectivity index (χ1n) is 5.03. The molecule has 1 N–H and O–H groups in total. The Labute approximate surface area is 77.9 Å². The second-order valence-corrected chi connectivity index (χ2v) is 4.05. The summed E-state index contributed by atoms with van der Waals surface area (Å²) in [5.74, 6) is -0.399. The van der Waals surface area contributed by atoms with Gasteiger partial charge in [0.05, 0.1) is 12.5 Å². The van der Waals surface area contributed by atoms with Crippen molar-refractivity contribution >= 4 is 11.7 Å². The van der Waals surface area contributed by atoms with Crippen molar-refractivity contribution in [2.45, 2.75) is 32.1 Å². The van der Waals surface area contributed by atoms with E-state index >= 15 is 0 Å². The predicted molar refractivity (Wildman–Crippen MR) is 50.0 cm³/mol. The molecule has 0 aromatic carbocycles. The maximum absolute atomic E-state index is 10.8. The molecule has 1 saturated carbocycles. The summed E-state index contributed by atoms with van der Waals surface area (Å²) in [4.78, 5) is 15.1. The summed E-state index contributed by atoms with van der Waals surface area (Å²) in [6.07, 6.45) is 5.58. The average molecular weight is 181 g/mol. The maximum Gasteiger partial charge on any atom is 0.308 e. The van der Waals surface area contributed by atoms with Crippen LogP contribution in [0, 0.1) is 11.8 Å². The average Bonchev–Trinajstić information content (AvgIpc) is 2.17. The van der Waals surface area contributed by atoms with Gasteiger partial charge in [0.2, 0.25) is 0 Å². The van der Waals surface area contributed by atoms with Gasteiger partial charge in [0.25, 0.3) is 0 Å². The van der Waals surface area contributed by atoms with Crippen LogP contribution in [-0.4, -0.2) is 23.3 Å². The third-order valence-electron chi connectivity index (χ3n) is 3.14. The Morgan fingerprint density at radius 1 is 1.46 bits per heavy atom. The third-order valence-corrected chi connectivity index (χ3v) is 3.14. The number of carbonyl (C=O) groups is 1. The lowest BCUT2D eigenvalue weighted by atomic mass is 9.79. The van der Waals surface area contributed by atoms with Gasteiger partial charge in [-0.05, 0) is 31.6 Å². The fraction of sp³-hybridized carbons (Fsp3) is 0.800. The smallest absolute Gasteiger partial charge is 0.308 e. The molecule has 0 spiro atoms. The molecule has 3 heteroatoms. The lowest BCUT2D eigenvalue weighted by molar-refractivity contribution is -0.141. The molecule has 0 saturated heterocycles.